The molecule has 0 fully saturated rings. The Morgan fingerprint density at radius 1 is 0.909 bits per heavy atom. The molecule has 1 heterocycles. The van der Waals surface area contributed by atoms with E-state index in [2.05, 4.69) is 34.1 Å². The molecular formula is C19H13BrOS. The number of hydrogen-bond donors (Lipinski definition) is 0. The van der Waals surface area contributed by atoms with Crippen molar-refractivity contribution in [3.63, 3.8) is 0 Å². The Balaban J connectivity index is 1.75. The second kappa shape index (κ2) is 6.86. The van der Waals surface area contributed by atoms with Gasteiger partial charge in [-0.2, -0.15) is 0 Å². The molecule has 0 aliphatic rings. The minimum absolute atomic E-state index is 0.0270. The Labute approximate surface area is 142 Å². The third-order valence-electron chi connectivity index (χ3n) is 3.21. The molecule has 0 saturated heterocycles. The van der Waals surface area contributed by atoms with E-state index in [4.69, 9.17) is 0 Å². The maximum Gasteiger partial charge on any atom is 0.185 e. The van der Waals surface area contributed by atoms with Crippen molar-refractivity contribution in [2.75, 3.05) is 0 Å². The molecule has 1 nitrogen and oxygen atoms in total. The molecule has 0 aliphatic heterocycles. The molecule has 0 spiro atoms. The summed E-state index contributed by atoms with van der Waals surface area (Å²) < 4.78 is 1.07. The van der Waals surface area contributed by atoms with Gasteiger partial charge in [-0.15, -0.1) is 11.3 Å². The van der Waals surface area contributed by atoms with E-state index in [-0.39, 0.29) is 5.78 Å². The van der Waals surface area contributed by atoms with Gasteiger partial charge in [0.25, 0.3) is 0 Å². The highest BCUT2D eigenvalue weighted by molar-refractivity contribution is 9.10. The average molecular weight is 369 g/mol. The molecule has 1 aromatic heterocycles. The van der Waals surface area contributed by atoms with Crippen LogP contribution in [0.4, 0.5) is 0 Å². The fourth-order valence-corrected chi connectivity index (χ4v) is 3.25. The van der Waals surface area contributed by atoms with Gasteiger partial charge in [0.2, 0.25) is 0 Å². The summed E-state index contributed by atoms with van der Waals surface area (Å²) in [6.45, 7) is 0. The summed E-state index contributed by atoms with van der Waals surface area (Å²) in [4.78, 5) is 14.3. The van der Waals surface area contributed by atoms with Crippen molar-refractivity contribution in [3.05, 3.63) is 87.7 Å². The van der Waals surface area contributed by atoms with Gasteiger partial charge in [0.05, 0.1) is 0 Å². The van der Waals surface area contributed by atoms with Crippen molar-refractivity contribution < 1.29 is 4.79 Å². The minimum Gasteiger partial charge on any atom is -0.289 e. The first kappa shape index (κ1) is 14.9. The van der Waals surface area contributed by atoms with Crippen LogP contribution in [-0.4, -0.2) is 5.78 Å². The molecule has 0 aliphatic carbocycles. The average Bonchev–Trinajstić information content (AvgIpc) is 3.03. The van der Waals surface area contributed by atoms with Gasteiger partial charge >= 0.3 is 0 Å². The van der Waals surface area contributed by atoms with Crippen molar-refractivity contribution in [3.8, 4) is 10.4 Å². The number of carbonyl (C=O) groups excluding carboxylic acids is 1. The van der Waals surface area contributed by atoms with E-state index >= 15 is 0 Å². The number of allylic oxidation sites excluding steroid dienone is 1. The van der Waals surface area contributed by atoms with Crippen LogP contribution >= 0.6 is 27.3 Å². The number of carbonyl (C=O) groups is 1. The predicted molar refractivity (Wildman–Crippen MR) is 97.3 cm³/mol. The SMILES string of the molecule is O=C(C=Cc1ccc(-c2ccc(Br)cc2)s1)c1ccccc1. The highest BCUT2D eigenvalue weighted by atomic mass is 79.9. The van der Waals surface area contributed by atoms with Gasteiger partial charge in [-0.1, -0.05) is 58.4 Å². The van der Waals surface area contributed by atoms with Gasteiger partial charge in [0, 0.05) is 19.8 Å². The molecule has 108 valence electrons. The molecule has 0 atom stereocenters. The monoisotopic (exact) mass is 368 g/mol. The molecule has 0 unspecified atom stereocenters. The van der Waals surface area contributed by atoms with Crippen LogP contribution in [0.1, 0.15) is 15.2 Å². The van der Waals surface area contributed by atoms with Gasteiger partial charge < -0.3 is 0 Å². The molecular weight excluding hydrogens is 356 g/mol. The van der Waals surface area contributed by atoms with E-state index in [1.807, 2.05) is 54.6 Å². The van der Waals surface area contributed by atoms with Gasteiger partial charge in [0.1, 0.15) is 0 Å². The molecule has 3 aromatic rings. The largest absolute Gasteiger partial charge is 0.289 e. The van der Waals surface area contributed by atoms with E-state index in [1.54, 1.807) is 17.4 Å². The van der Waals surface area contributed by atoms with Crippen LogP contribution in [0.25, 0.3) is 16.5 Å². The quantitative estimate of drug-likeness (QED) is 0.403. The highest BCUT2D eigenvalue weighted by Crippen LogP contribution is 2.29. The Kier molecular flexibility index (Phi) is 4.66. The molecule has 0 saturated carbocycles. The first-order chi connectivity index (χ1) is 10.7. The number of thiophene rings is 1. The molecule has 0 amide bonds. The number of ketones is 1. The van der Waals surface area contributed by atoms with Crippen molar-refractivity contribution >= 4 is 39.1 Å². The molecule has 0 bridgehead atoms. The van der Waals surface area contributed by atoms with E-state index < -0.39 is 0 Å². The Morgan fingerprint density at radius 3 is 2.36 bits per heavy atom. The van der Waals surface area contributed by atoms with Crippen molar-refractivity contribution in [1.29, 1.82) is 0 Å². The van der Waals surface area contributed by atoms with Gasteiger partial charge in [-0.05, 0) is 42.0 Å². The smallest absolute Gasteiger partial charge is 0.185 e. The fraction of sp³-hybridized carbons (Fsp3) is 0. The fourth-order valence-electron chi connectivity index (χ4n) is 2.07. The number of rotatable bonds is 4. The summed E-state index contributed by atoms with van der Waals surface area (Å²) in [5.74, 6) is 0.0270. The van der Waals surface area contributed by atoms with Crippen LogP contribution in [0.15, 0.2) is 77.3 Å². The Bertz CT molecular complexity index is 801. The van der Waals surface area contributed by atoms with Crippen LogP contribution in [0, 0.1) is 0 Å². The van der Waals surface area contributed by atoms with Crippen LogP contribution < -0.4 is 0 Å². The maximum atomic E-state index is 12.0. The third kappa shape index (κ3) is 3.62. The lowest BCUT2D eigenvalue weighted by Crippen LogP contribution is -1.92. The van der Waals surface area contributed by atoms with Gasteiger partial charge in [-0.25, -0.2) is 0 Å². The van der Waals surface area contributed by atoms with Crippen LogP contribution in [0.5, 0.6) is 0 Å². The normalized spacial score (nSPS) is 11.0. The first-order valence-corrected chi connectivity index (χ1v) is 8.46. The molecule has 0 radical (unpaired) electrons. The standard InChI is InChI=1S/C19H13BrOS/c20-16-8-6-15(7-9-16)19-13-11-17(22-19)10-12-18(21)14-4-2-1-3-5-14/h1-13H. The molecule has 3 rings (SSSR count). The lowest BCUT2D eigenvalue weighted by molar-refractivity contribution is 0.104. The lowest BCUT2D eigenvalue weighted by Gasteiger charge is -1.96. The van der Waals surface area contributed by atoms with E-state index in [0.29, 0.717) is 5.56 Å². The summed E-state index contributed by atoms with van der Waals surface area (Å²) in [6, 6.07) is 21.7. The number of hydrogen-bond acceptors (Lipinski definition) is 2. The first-order valence-electron chi connectivity index (χ1n) is 6.85. The Morgan fingerprint density at radius 2 is 1.64 bits per heavy atom. The Hall–Kier alpha value is -1.97. The molecule has 3 heteroatoms. The third-order valence-corrected chi connectivity index (χ3v) is 4.84. The van der Waals surface area contributed by atoms with Gasteiger partial charge in [-0.3, -0.25) is 4.79 Å². The summed E-state index contributed by atoms with van der Waals surface area (Å²) in [5, 5.41) is 0. The van der Waals surface area contributed by atoms with Crippen molar-refractivity contribution in [2.45, 2.75) is 0 Å². The van der Waals surface area contributed by atoms with E-state index in [0.717, 1.165) is 9.35 Å². The summed E-state index contributed by atoms with van der Waals surface area (Å²) in [7, 11) is 0. The second-order valence-corrected chi connectivity index (χ2v) is 6.80. The summed E-state index contributed by atoms with van der Waals surface area (Å²) >= 11 is 5.12. The van der Waals surface area contributed by atoms with Crippen LogP contribution in [0.3, 0.4) is 0 Å². The zero-order valence-corrected chi connectivity index (χ0v) is 14.1. The maximum absolute atomic E-state index is 12.0. The van der Waals surface area contributed by atoms with Crippen molar-refractivity contribution in [2.24, 2.45) is 0 Å². The lowest BCUT2D eigenvalue weighted by atomic mass is 10.1. The number of benzene rings is 2. The molecule has 0 N–H and O–H groups in total. The highest BCUT2D eigenvalue weighted by Gasteiger charge is 2.03. The van der Waals surface area contributed by atoms with Crippen molar-refractivity contribution in [1.82, 2.24) is 0 Å². The zero-order chi connectivity index (χ0) is 15.4. The van der Waals surface area contributed by atoms with Crippen LogP contribution in [0.2, 0.25) is 0 Å². The van der Waals surface area contributed by atoms with E-state index in [9.17, 15) is 4.79 Å². The minimum atomic E-state index is 0.0270. The molecule has 22 heavy (non-hydrogen) atoms. The molecule has 2 aromatic carbocycles. The topological polar surface area (TPSA) is 17.1 Å². The summed E-state index contributed by atoms with van der Waals surface area (Å²) in [6.07, 6.45) is 3.51. The summed E-state index contributed by atoms with van der Waals surface area (Å²) in [5.41, 5.74) is 1.89. The predicted octanol–water partition coefficient (Wildman–Crippen LogP) is 6.07. The zero-order valence-electron chi connectivity index (χ0n) is 11.7. The number of halogens is 1. The van der Waals surface area contributed by atoms with Crippen LogP contribution in [-0.2, 0) is 0 Å². The van der Waals surface area contributed by atoms with E-state index in [1.165, 1.54) is 10.4 Å². The second-order valence-electron chi connectivity index (χ2n) is 4.77. The van der Waals surface area contributed by atoms with Gasteiger partial charge in [0.15, 0.2) is 5.78 Å².